The van der Waals surface area contributed by atoms with Crippen molar-refractivity contribution in [1.82, 2.24) is 20.7 Å². The minimum Gasteiger partial charge on any atom is -0.344 e. The maximum atomic E-state index is 4.46. The molecule has 4 heteroatoms. The van der Waals surface area contributed by atoms with E-state index < -0.39 is 0 Å². The van der Waals surface area contributed by atoms with Gasteiger partial charge in [0.1, 0.15) is 11.3 Å². The summed E-state index contributed by atoms with van der Waals surface area (Å²) in [4.78, 5) is 8.85. The molecule has 16 heavy (non-hydrogen) atoms. The van der Waals surface area contributed by atoms with Crippen molar-refractivity contribution in [1.29, 1.82) is 0 Å². The number of fused-ring (bicyclic) bond motifs is 3. The first-order valence-corrected chi connectivity index (χ1v) is 4.94. The third-order valence-corrected chi connectivity index (χ3v) is 2.83. The van der Waals surface area contributed by atoms with Crippen molar-refractivity contribution in [3.63, 3.8) is 0 Å². The van der Waals surface area contributed by atoms with Gasteiger partial charge in [0.25, 0.3) is 0 Å². The first-order chi connectivity index (χ1) is 7.27. The summed E-state index contributed by atoms with van der Waals surface area (Å²) in [6, 6.07) is 8.15. The fourth-order valence-electron chi connectivity index (χ4n) is 1.96. The SMILES string of the molecule is Cc1nc2cnc3ccccc3c2n1C.N. The Hall–Kier alpha value is -1.94. The maximum absolute atomic E-state index is 4.46. The van der Waals surface area contributed by atoms with Gasteiger partial charge in [0.05, 0.1) is 17.2 Å². The fourth-order valence-corrected chi connectivity index (χ4v) is 1.96. The quantitative estimate of drug-likeness (QED) is 0.625. The summed E-state index contributed by atoms with van der Waals surface area (Å²) < 4.78 is 2.11. The van der Waals surface area contributed by atoms with Gasteiger partial charge in [0.2, 0.25) is 0 Å². The predicted octanol–water partition coefficient (Wildman–Crippen LogP) is 2.59. The van der Waals surface area contributed by atoms with Gasteiger partial charge in [-0.05, 0) is 13.0 Å². The van der Waals surface area contributed by atoms with Crippen LogP contribution in [0, 0.1) is 6.92 Å². The number of rotatable bonds is 0. The van der Waals surface area contributed by atoms with E-state index in [9.17, 15) is 0 Å². The molecule has 4 nitrogen and oxygen atoms in total. The van der Waals surface area contributed by atoms with Crippen LogP contribution < -0.4 is 6.15 Å². The number of aryl methyl sites for hydroxylation is 2. The highest BCUT2D eigenvalue weighted by molar-refractivity contribution is 6.02. The van der Waals surface area contributed by atoms with E-state index in [1.807, 2.05) is 38.4 Å². The van der Waals surface area contributed by atoms with Crippen molar-refractivity contribution in [3.8, 4) is 0 Å². The number of hydrogen-bond donors (Lipinski definition) is 1. The van der Waals surface area contributed by atoms with Crippen LogP contribution in [0.3, 0.4) is 0 Å². The topological polar surface area (TPSA) is 65.7 Å². The van der Waals surface area contributed by atoms with Gasteiger partial charge in [-0.3, -0.25) is 4.98 Å². The van der Waals surface area contributed by atoms with Crippen LogP contribution in [0.15, 0.2) is 30.5 Å². The molecule has 0 spiro atoms. The molecule has 0 fully saturated rings. The minimum absolute atomic E-state index is 0. The summed E-state index contributed by atoms with van der Waals surface area (Å²) >= 11 is 0. The van der Waals surface area contributed by atoms with Gasteiger partial charge in [-0.1, -0.05) is 18.2 Å². The fraction of sp³-hybridized carbons (Fsp3) is 0.167. The highest BCUT2D eigenvalue weighted by Gasteiger charge is 2.07. The molecule has 0 aliphatic carbocycles. The Bertz CT molecular complexity index is 654. The van der Waals surface area contributed by atoms with Gasteiger partial charge in [-0.25, -0.2) is 4.98 Å². The Labute approximate surface area is 93.5 Å². The molecule has 0 radical (unpaired) electrons. The lowest BCUT2D eigenvalue weighted by atomic mass is 10.2. The molecule has 3 aromatic rings. The zero-order valence-corrected chi connectivity index (χ0v) is 9.44. The lowest BCUT2D eigenvalue weighted by Gasteiger charge is -2.01. The summed E-state index contributed by atoms with van der Waals surface area (Å²) in [6.07, 6.45) is 1.84. The normalized spacial score (nSPS) is 10.6. The molecule has 0 saturated heterocycles. The summed E-state index contributed by atoms with van der Waals surface area (Å²) in [5.41, 5.74) is 3.15. The lowest BCUT2D eigenvalue weighted by molar-refractivity contribution is 0.888. The van der Waals surface area contributed by atoms with Gasteiger partial charge in [-0.2, -0.15) is 0 Å². The molecule has 0 saturated carbocycles. The Morgan fingerprint density at radius 1 is 1.12 bits per heavy atom. The summed E-state index contributed by atoms with van der Waals surface area (Å²) in [5, 5.41) is 1.16. The summed E-state index contributed by atoms with van der Waals surface area (Å²) in [6.45, 7) is 2.01. The van der Waals surface area contributed by atoms with E-state index in [-0.39, 0.29) is 6.15 Å². The van der Waals surface area contributed by atoms with Crippen LogP contribution in [-0.4, -0.2) is 14.5 Å². The molecule has 0 atom stereocenters. The molecule has 82 valence electrons. The highest BCUT2D eigenvalue weighted by Crippen LogP contribution is 2.22. The zero-order valence-electron chi connectivity index (χ0n) is 9.44. The first-order valence-electron chi connectivity index (χ1n) is 4.94. The standard InChI is InChI=1S/C12H11N3.H3N/c1-8-14-11-7-13-10-6-4-3-5-9(10)12(11)15(8)2;/h3-7H,1-2H3;1H3. The Morgan fingerprint density at radius 2 is 1.88 bits per heavy atom. The second-order valence-corrected chi connectivity index (χ2v) is 3.73. The molecule has 0 bridgehead atoms. The van der Waals surface area contributed by atoms with E-state index in [0.717, 1.165) is 27.8 Å². The van der Waals surface area contributed by atoms with Crippen LogP contribution in [0.4, 0.5) is 0 Å². The lowest BCUT2D eigenvalue weighted by Crippen LogP contribution is -1.91. The zero-order chi connectivity index (χ0) is 10.4. The number of imidazole rings is 1. The number of nitrogens with zero attached hydrogens (tertiary/aromatic N) is 3. The van der Waals surface area contributed by atoms with Crippen molar-refractivity contribution in [3.05, 3.63) is 36.3 Å². The van der Waals surface area contributed by atoms with Crippen LogP contribution >= 0.6 is 0 Å². The van der Waals surface area contributed by atoms with Gasteiger partial charge in [0, 0.05) is 12.4 Å². The van der Waals surface area contributed by atoms with Crippen molar-refractivity contribution >= 4 is 21.9 Å². The van der Waals surface area contributed by atoms with Gasteiger partial charge in [0.15, 0.2) is 0 Å². The molecule has 0 unspecified atom stereocenters. The van der Waals surface area contributed by atoms with Crippen LogP contribution in [0.1, 0.15) is 5.82 Å². The molecule has 0 aliphatic rings. The average molecular weight is 214 g/mol. The molecule has 3 rings (SSSR count). The predicted molar refractivity (Wildman–Crippen MR) is 65.8 cm³/mol. The molecule has 0 aliphatic heterocycles. The Morgan fingerprint density at radius 3 is 2.69 bits per heavy atom. The molecule has 1 aromatic carbocycles. The van der Waals surface area contributed by atoms with E-state index in [1.54, 1.807) is 0 Å². The number of pyridine rings is 1. The molecule has 2 heterocycles. The number of aromatic nitrogens is 3. The number of para-hydroxylation sites is 1. The second kappa shape index (κ2) is 3.57. The van der Waals surface area contributed by atoms with Crippen LogP contribution in [0.2, 0.25) is 0 Å². The largest absolute Gasteiger partial charge is 0.344 e. The second-order valence-electron chi connectivity index (χ2n) is 3.73. The van der Waals surface area contributed by atoms with Crippen LogP contribution in [-0.2, 0) is 7.05 Å². The van der Waals surface area contributed by atoms with E-state index >= 15 is 0 Å². The smallest absolute Gasteiger partial charge is 0.108 e. The Kier molecular flexibility index (Phi) is 2.36. The minimum atomic E-state index is 0. The molecule has 3 N–H and O–H groups in total. The highest BCUT2D eigenvalue weighted by atomic mass is 15.1. The number of hydrogen-bond acceptors (Lipinski definition) is 3. The maximum Gasteiger partial charge on any atom is 0.108 e. The van der Waals surface area contributed by atoms with E-state index in [4.69, 9.17) is 0 Å². The van der Waals surface area contributed by atoms with Gasteiger partial charge >= 0.3 is 0 Å². The molecular formula is C12H14N4. The Balaban J connectivity index is 0.000000963. The summed E-state index contributed by atoms with van der Waals surface area (Å²) in [5.74, 6) is 1.02. The average Bonchev–Trinajstić information content (AvgIpc) is 2.55. The van der Waals surface area contributed by atoms with Crippen LogP contribution in [0.5, 0.6) is 0 Å². The van der Waals surface area contributed by atoms with Crippen molar-refractivity contribution in [2.24, 2.45) is 7.05 Å². The molecular weight excluding hydrogens is 200 g/mol. The third-order valence-electron chi connectivity index (χ3n) is 2.83. The van der Waals surface area contributed by atoms with Crippen molar-refractivity contribution in [2.75, 3.05) is 0 Å². The molecule has 0 amide bonds. The van der Waals surface area contributed by atoms with Crippen molar-refractivity contribution < 1.29 is 0 Å². The number of benzene rings is 1. The van der Waals surface area contributed by atoms with E-state index in [0.29, 0.717) is 0 Å². The van der Waals surface area contributed by atoms with E-state index in [2.05, 4.69) is 20.6 Å². The first kappa shape index (κ1) is 10.6. The molecule has 2 aromatic heterocycles. The van der Waals surface area contributed by atoms with Crippen molar-refractivity contribution in [2.45, 2.75) is 6.92 Å². The van der Waals surface area contributed by atoms with Gasteiger partial charge < -0.3 is 10.7 Å². The van der Waals surface area contributed by atoms with Gasteiger partial charge in [-0.15, -0.1) is 0 Å². The van der Waals surface area contributed by atoms with E-state index in [1.165, 1.54) is 0 Å². The third kappa shape index (κ3) is 1.27. The summed E-state index contributed by atoms with van der Waals surface area (Å²) in [7, 11) is 2.04. The monoisotopic (exact) mass is 214 g/mol. The van der Waals surface area contributed by atoms with Crippen LogP contribution in [0.25, 0.3) is 21.9 Å².